The molecule has 0 bridgehead atoms. The molecule has 2 N–H and O–H groups in total. The summed E-state index contributed by atoms with van der Waals surface area (Å²) in [7, 11) is 0. The second kappa shape index (κ2) is 3.46. The van der Waals surface area contributed by atoms with Gasteiger partial charge in [0.1, 0.15) is 5.82 Å². The molecule has 1 aromatic heterocycles. The molecule has 0 aliphatic rings. The van der Waals surface area contributed by atoms with Gasteiger partial charge in [0, 0.05) is 11.8 Å². The molecular weight excluding hydrogens is 174 g/mol. The van der Waals surface area contributed by atoms with Gasteiger partial charge in [-0.1, -0.05) is 23.8 Å². The summed E-state index contributed by atoms with van der Waals surface area (Å²) in [5.41, 5.74) is 7.77. The predicted molar refractivity (Wildman–Crippen MR) is 56.6 cm³/mol. The maximum atomic E-state index is 5.58. The first-order valence-electron chi connectivity index (χ1n) is 4.41. The molecule has 0 unspecified atom stereocenters. The van der Waals surface area contributed by atoms with Gasteiger partial charge in [0.25, 0.3) is 0 Å². The molecule has 0 spiro atoms. The van der Waals surface area contributed by atoms with Gasteiger partial charge >= 0.3 is 0 Å². The minimum Gasteiger partial charge on any atom is -0.384 e. The summed E-state index contributed by atoms with van der Waals surface area (Å²) in [6.45, 7) is 2.04. The van der Waals surface area contributed by atoms with Gasteiger partial charge in [-0.2, -0.15) is 0 Å². The molecule has 0 aliphatic carbocycles. The average molecular weight is 185 g/mol. The lowest BCUT2D eigenvalue weighted by Crippen LogP contribution is -1.94. The normalized spacial score (nSPS) is 10.1. The standard InChI is InChI=1S/C11H11N3/c1-8-3-2-4-9(7-8)11-13-6-5-10(12)14-11/h2-7H,1H3,(H2,12,13,14). The van der Waals surface area contributed by atoms with E-state index in [1.54, 1.807) is 12.3 Å². The van der Waals surface area contributed by atoms with Crippen molar-refractivity contribution in [1.29, 1.82) is 0 Å². The van der Waals surface area contributed by atoms with Gasteiger partial charge in [0.05, 0.1) is 0 Å². The Morgan fingerprint density at radius 3 is 2.79 bits per heavy atom. The smallest absolute Gasteiger partial charge is 0.161 e. The van der Waals surface area contributed by atoms with E-state index in [-0.39, 0.29) is 0 Å². The van der Waals surface area contributed by atoms with Crippen LogP contribution in [0.25, 0.3) is 11.4 Å². The second-order valence-electron chi connectivity index (χ2n) is 3.17. The summed E-state index contributed by atoms with van der Waals surface area (Å²) in [4.78, 5) is 8.31. The highest BCUT2D eigenvalue weighted by molar-refractivity contribution is 5.57. The number of nitrogen functional groups attached to an aromatic ring is 1. The van der Waals surface area contributed by atoms with Crippen LogP contribution in [0.1, 0.15) is 5.56 Å². The molecule has 0 aliphatic heterocycles. The van der Waals surface area contributed by atoms with Gasteiger partial charge in [-0.3, -0.25) is 0 Å². The molecule has 2 aromatic rings. The highest BCUT2D eigenvalue weighted by Gasteiger charge is 2.00. The zero-order valence-corrected chi connectivity index (χ0v) is 7.94. The zero-order chi connectivity index (χ0) is 9.97. The fraction of sp³-hybridized carbons (Fsp3) is 0.0909. The van der Waals surface area contributed by atoms with Crippen molar-refractivity contribution in [1.82, 2.24) is 9.97 Å². The van der Waals surface area contributed by atoms with Gasteiger partial charge in [-0.25, -0.2) is 9.97 Å². The molecule has 0 fully saturated rings. The minimum atomic E-state index is 0.497. The number of anilines is 1. The number of benzene rings is 1. The summed E-state index contributed by atoms with van der Waals surface area (Å²) in [6, 6.07) is 9.71. The van der Waals surface area contributed by atoms with Crippen molar-refractivity contribution in [3.8, 4) is 11.4 Å². The Hall–Kier alpha value is -1.90. The number of aryl methyl sites for hydroxylation is 1. The van der Waals surface area contributed by atoms with Crippen molar-refractivity contribution in [2.75, 3.05) is 5.73 Å². The molecule has 0 amide bonds. The van der Waals surface area contributed by atoms with Crippen molar-refractivity contribution in [2.24, 2.45) is 0 Å². The minimum absolute atomic E-state index is 0.497. The third-order valence-electron chi connectivity index (χ3n) is 1.95. The molecule has 2 rings (SSSR count). The Morgan fingerprint density at radius 1 is 1.21 bits per heavy atom. The molecule has 1 aromatic carbocycles. The van der Waals surface area contributed by atoms with Crippen molar-refractivity contribution in [3.63, 3.8) is 0 Å². The number of nitrogens with two attached hydrogens (primary N) is 1. The van der Waals surface area contributed by atoms with Crippen LogP contribution in [-0.2, 0) is 0 Å². The van der Waals surface area contributed by atoms with E-state index in [4.69, 9.17) is 5.73 Å². The topological polar surface area (TPSA) is 51.8 Å². The van der Waals surface area contributed by atoms with Crippen LogP contribution in [0.5, 0.6) is 0 Å². The van der Waals surface area contributed by atoms with E-state index in [0.29, 0.717) is 11.6 Å². The Morgan fingerprint density at radius 2 is 2.07 bits per heavy atom. The molecule has 0 saturated heterocycles. The fourth-order valence-electron chi connectivity index (χ4n) is 1.30. The van der Waals surface area contributed by atoms with Crippen molar-refractivity contribution in [3.05, 3.63) is 42.1 Å². The van der Waals surface area contributed by atoms with E-state index in [1.165, 1.54) is 5.56 Å². The highest BCUT2D eigenvalue weighted by Crippen LogP contribution is 2.16. The summed E-state index contributed by atoms with van der Waals surface area (Å²) >= 11 is 0. The number of hydrogen-bond acceptors (Lipinski definition) is 3. The van der Waals surface area contributed by atoms with E-state index in [1.807, 2.05) is 31.2 Å². The first kappa shape index (κ1) is 8.69. The van der Waals surface area contributed by atoms with Gasteiger partial charge in [-0.15, -0.1) is 0 Å². The second-order valence-corrected chi connectivity index (χ2v) is 3.17. The van der Waals surface area contributed by atoms with Crippen LogP contribution in [0.2, 0.25) is 0 Å². The summed E-state index contributed by atoms with van der Waals surface area (Å²) in [5, 5.41) is 0. The van der Waals surface area contributed by atoms with Crippen LogP contribution in [-0.4, -0.2) is 9.97 Å². The molecule has 70 valence electrons. The van der Waals surface area contributed by atoms with Gasteiger partial charge in [0.15, 0.2) is 5.82 Å². The van der Waals surface area contributed by atoms with E-state index in [9.17, 15) is 0 Å². The lowest BCUT2D eigenvalue weighted by atomic mass is 10.1. The Balaban J connectivity index is 2.49. The molecule has 14 heavy (non-hydrogen) atoms. The van der Waals surface area contributed by atoms with Crippen molar-refractivity contribution in [2.45, 2.75) is 6.92 Å². The molecule has 3 heteroatoms. The third kappa shape index (κ3) is 1.71. The molecule has 0 atom stereocenters. The van der Waals surface area contributed by atoms with E-state index in [0.717, 1.165) is 5.56 Å². The number of aromatic nitrogens is 2. The summed E-state index contributed by atoms with van der Waals surface area (Å²) in [6.07, 6.45) is 1.67. The fourth-order valence-corrected chi connectivity index (χ4v) is 1.30. The predicted octanol–water partition coefficient (Wildman–Crippen LogP) is 2.03. The Labute approximate surface area is 82.6 Å². The summed E-state index contributed by atoms with van der Waals surface area (Å²) < 4.78 is 0. The van der Waals surface area contributed by atoms with Gasteiger partial charge < -0.3 is 5.73 Å². The van der Waals surface area contributed by atoms with Crippen LogP contribution < -0.4 is 5.73 Å². The van der Waals surface area contributed by atoms with Crippen molar-refractivity contribution >= 4 is 5.82 Å². The van der Waals surface area contributed by atoms with E-state index < -0.39 is 0 Å². The van der Waals surface area contributed by atoms with Crippen LogP contribution in [0, 0.1) is 6.92 Å². The SMILES string of the molecule is Cc1cccc(-c2nccc(N)n2)c1. The highest BCUT2D eigenvalue weighted by atomic mass is 14.9. The maximum Gasteiger partial charge on any atom is 0.161 e. The quantitative estimate of drug-likeness (QED) is 0.739. The van der Waals surface area contributed by atoms with Crippen LogP contribution in [0.3, 0.4) is 0 Å². The Bertz CT molecular complexity index is 408. The number of hydrogen-bond donors (Lipinski definition) is 1. The lowest BCUT2D eigenvalue weighted by molar-refractivity contribution is 1.18. The largest absolute Gasteiger partial charge is 0.384 e. The van der Waals surface area contributed by atoms with E-state index >= 15 is 0 Å². The Kier molecular flexibility index (Phi) is 2.14. The van der Waals surface area contributed by atoms with Crippen LogP contribution in [0.4, 0.5) is 5.82 Å². The molecule has 0 saturated carbocycles. The zero-order valence-electron chi connectivity index (χ0n) is 7.94. The molecule has 3 nitrogen and oxygen atoms in total. The van der Waals surface area contributed by atoms with Crippen LogP contribution in [0.15, 0.2) is 36.5 Å². The average Bonchev–Trinajstić information content (AvgIpc) is 2.18. The third-order valence-corrected chi connectivity index (χ3v) is 1.95. The maximum absolute atomic E-state index is 5.58. The van der Waals surface area contributed by atoms with Gasteiger partial charge in [0.2, 0.25) is 0 Å². The van der Waals surface area contributed by atoms with Crippen molar-refractivity contribution < 1.29 is 0 Å². The molecule has 0 radical (unpaired) electrons. The summed E-state index contributed by atoms with van der Waals surface area (Å²) in [5.74, 6) is 1.17. The molecular formula is C11H11N3. The van der Waals surface area contributed by atoms with Gasteiger partial charge in [-0.05, 0) is 19.1 Å². The van der Waals surface area contributed by atoms with E-state index in [2.05, 4.69) is 9.97 Å². The monoisotopic (exact) mass is 185 g/mol. The lowest BCUT2D eigenvalue weighted by Gasteiger charge is -2.01. The number of nitrogens with zero attached hydrogens (tertiary/aromatic N) is 2. The first-order valence-corrected chi connectivity index (χ1v) is 4.41. The first-order chi connectivity index (χ1) is 6.75. The number of rotatable bonds is 1. The molecule has 1 heterocycles. The van der Waals surface area contributed by atoms with Crippen LogP contribution >= 0.6 is 0 Å².